The van der Waals surface area contributed by atoms with Gasteiger partial charge in [-0.3, -0.25) is 0 Å². The molecule has 4 rings (SSSR count). The van der Waals surface area contributed by atoms with E-state index in [1.54, 1.807) is 0 Å². The highest BCUT2D eigenvalue weighted by Crippen LogP contribution is 2.32. The first-order valence-electron chi connectivity index (χ1n) is 8.98. The lowest BCUT2D eigenvalue weighted by molar-refractivity contribution is 0.216. The molecule has 3 aromatic rings. The molecule has 0 amide bonds. The van der Waals surface area contributed by atoms with Gasteiger partial charge in [0.2, 0.25) is 5.88 Å². The molecular weight excluding hydrogens is 322 g/mol. The summed E-state index contributed by atoms with van der Waals surface area (Å²) < 4.78 is 6.02. The first-order chi connectivity index (χ1) is 12.7. The topological polar surface area (TPSA) is 51.4 Å². The molecule has 2 heterocycles. The first kappa shape index (κ1) is 16.5. The van der Waals surface area contributed by atoms with Gasteiger partial charge in [-0.1, -0.05) is 42.5 Å². The van der Waals surface area contributed by atoms with Gasteiger partial charge in [-0.05, 0) is 35.7 Å². The normalized spacial score (nSPS) is 16.7. The Morgan fingerprint density at radius 2 is 1.88 bits per heavy atom. The molecule has 4 heteroatoms. The number of rotatable bonds is 4. The number of anilines is 2. The van der Waals surface area contributed by atoms with Crippen LogP contribution in [0.2, 0.25) is 0 Å². The number of nitrogen functional groups attached to an aromatic ring is 1. The van der Waals surface area contributed by atoms with E-state index in [4.69, 9.17) is 10.5 Å². The summed E-state index contributed by atoms with van der Waals surface area (Å²) in [5, 5.41) is 0. The Bertz CT molecular complexity index is 878. The summed E-state index contributed by atoms with van der Waals surface area (Å²) in [4.78, 5) is 6.63. The van der Waals surface area contributed by atoms with Crippen LogP contribution in [0.15, 0.2) is 66.9 Å². The van der Waals surface area contributed by atoms with Crippen LogP contribution in [0.3, 0.4) is 0 Å². The Morgan fingerprint density at radius 1 is 1.04 bits per heavy atom. The maximum atomic E-state index is 6.36. The van der Waals surface area contributed by atoms with E-state index in [-0.39, 0.29) is 6.10 Å². The molecule has 0 radical (unpaired) electrons. The number of aryl methyl sites for hydroxylation is 1. The van der Waals surface area contributed by atoms with E-state index in [1.807, 2.05) is 43.5 Å². The standard InChI is InChI=1S/C22H23N3O/c1-16-7-10-22(24-14-16)26-19-11-12-25(15-19)21-9-8-18(13-20(21)23)17-5-3-2-4-6-17/h2-10,13-14,19H,11-12,15,23H2,1H3/t19-/m0/s1. The Morgan fingerprint density at radius 3 is 2.62 bits per heavy atom. The van der Waals surface area contributed by atoms with Crippen molar-refractivity contribution in [2.24, 2.45) is 0 Å². The molecule has 1 saturated heterocycles. The van der Waals surface area contributed by atoms with Crippen LogP contribution < -0.4 is 15.4 Å². The molecule has 1 aliphatic heterocycles. The molecule has 0 spiro atoms. The Balaban J connectivity index is 1.46. The number of nitrogens with zero attached hydrogens (tertiary/aromatic N) is 2. The third kappa shape index (κ3) is 3.49. The molecule has 0 aliphatic carbocycles. The molecular formula is C22H23N3O. The Hall–Kier alpha value is -3.01. The van der Waals surface area contributed by atoms with Crippen LogP contribution >= 0.6 is 0 Å². The van der Waals surface area contributed by atoms with Crippen LogP contribution in [0.5, 0.6) is 5.88 Å². The molecule has 0 saturated carbocycles. The molecule has 4 nitrogen and oxygen atoms in total. The summed E-state index contributed by atoms with van der Waals surface area (Å²) in [5.41, 5.74) is 11.7. The number of pyridine rings is 1. The fraction of sp³-hybridized carbons (Fsp3) is 0.227. The summed E-state index contributed by atoms with van der Waals surface area (Å²) in [6.45, 7) is 3.78. The van der Waals surface area contributed by atoms with E-state index in [9.17, 15) is 0 Å². The van der Waals surface area contributed by atoms with Crippen molar-refractivity contribution in [2.75, 3.05) is 23.7 Å². The monoisotopic (exact) mass is 345 g/mol. The van der Waals surface area contributed by atoms with Crippen molar-refractivity contribution in [1.82, 2.24) is 4.98 Å². The van der Waals surface area contributed by atoms with E-state index in [0.717, 1.165) is 42.0 Å². The van der Waals surface area contributed by atoms with Gasteiger partial charge >= 0.3 is 0 Å². The Labute approximate surface area is 154 Å². The highest BCUT2D eigenvalue weighted by atomic mass is 16.5. The average molecular weight is 345 g/mol. The fourth-order valence-corrected chi connectivity index (χ4v) is 3.39. The zero-order valence-corrected chi connectivity index (χ0v) is 14.9. The lowest BCUT2D eigenvalue weighted by Gasteiger charge is -2.21. The van der Waals surface area contributed by atoms with Crippen molar-refractivity contribution in [1.29, 1.82) is 0 Å². The minimum absolute atomic E-state index is 0.137. The minimum atomic E-state index is 0.137. The molecule has 26 heavy (non-hydrogen) atoms. The zero-order valence-electron chi connectivity index (χ0n) is 14.9. The third-order valence-corrected chi connectivity index (χ3v) is 4.79. The van der Waals surface area contributed by atoms with Crippen molar-refractivity contribution in [2.45, 2.75) is 19.4 Å². The summed E-state index contributed by atoms with van der Waals surface area (Å²) in [5.74, 6) is 0.690. The van der Waals surface area contributed by atoms with Crippen LogP contribution in [0.25, 0.3) is 11.1 Å². The molecule has 1 aromatic heterocycles. The van der Waals surface area contributed by atoms with Crippen molar-refractivity contribution in [3.8, 4) is 17.0 Å². The van der Waals surface area contributed by atoms with Gasteiger partial charge in [0.1, 0.15) is 6.10 Å². The van der Waals surface area contributed by atoms with E-state index in [1.165, 1.54) is 5.56 Å². The number of hydrogen-bond acceptors (Lipinski definition) is 4. The van der Waals surface area contributed by atoms with E-state index in [2.05, 4.69) is 40.2 Å². The van der Waals surface area contributed by atoms with Crippen LogP contribution in [0, 0.1) is 6.92 Å². The average Bonchev–Trinajstić information content (AvgIpc) is 3.12. The van der Waals surface area contributed by atoms with Gasteiger partial charge in [0, 0.05) is 25.2 Å². The second kappa shape index (κ2) is 7.08. The van der Waals surface area contributed by atoms with Gasteiger partial charge in [-0.25, -0.2) is 4.98 Å². The molecule has 2 N–H and O–H groups in total. The predicted molar refractivity (Wildman–Crippen MR) is 107 cm³/mol. The maximum absolute atomic E-state index is 6.36. The number of benzene rings is 2. The lowest BCUT2D eigenvalue weighted by Crippen LogP contribution is -2.25. The van der Waals surface area contributed by atoms with Crippen molar-refractivity contribution in [3.05, 3.63) is 72.4 Å². The minimum Gasteiger partial charge on any atom is -0.472 e. The second-order valence-corrected chi connectivity index (χ2v) is 6.79. The van der Waals surface area contributed by atoms with Crippen LogP contribution in [-0.2, 0) is 0 Å². The molecule has 0 bridgehead atoms. The summed E-state index contributed by atoms with van der Waals surface area (Å²) >= 11 is 0. The third-order valence-electron chi connectivity index (χ3n) is 4.79. The molecule has 1 aliphatic rings. The number of hydrogen-bond donors (Lipinski definition) is 1. The largest absolute Gasteiger partial charge is 0.472 e. The predicted octanol–water partition coefficient (Wildman–Crippen LogP) is 4.30. The Kier molecular flexibility index (Phi) is 4.48. The molecule has 132 valence electrons. The molecule has 1 atom stereocenters. The number of ether oxygens (including phenoxy) is 1. The molecule has 0 unspecified atom stereocenters. The zero-order chi connectivity index (χ0) is 17.9. The van der Waals surface area contributed by atoms with Crippen LogP contribution in [0.1, 0.15) is 12.0 Å². The van der Waals surface area contributed by atoms with E-state index in [0.29, 0.717) is 5.88 Å². The number of aromatic nitrogens is 1. The fourth-order valence-electron chi connectivity index (χ4n) is 3.39. The highest BCUT2D eigenvalue weighted by Gasteiger charge is 2.25. The van der Waals surface area contributed by atoms with Gasteiger partial charge in [0.25, 0.3) is 0 Å². The van der Waals surface area contributed by atoms with Crippen molar-refractivity contribution in [3.63, 3.8) is 0 Å². The van der Waals surface area contributed by atoms with Crippen LogP contribution in [0.4, 0.5) is 11.4 Å². The van der Waals surface area contributed by atoms with Crippen molar-refractivity contribution >= 4 is 11.4 Å². The summed E-state index contributed by atoms with van der Waals surface area (Å²) in [7, 11) is 0. The SMILES string of the molecule is Cc1ccc(O[C@H]2CCN(c3ccc(-c4ccccc4)cc3N)C2)nc1. The van der Waals surface area contributed by atoms with Gasteiger partial charge < -0.3 is 15.4 Å². The molecule has 2 aromatic carbocycles. The molecule has 1 fully saturated rings. The number of nitrogens with two attached hydrogens (primary N) is 1. The summed E-state index contributed by atoms with van der Waals surface area (Å²) in [6, 6.07) is 20.6. The van der Waals surface area contributed by atoms with E-state index < -0.39 is 0 Å². The van der Waals surface area contributed by atoms with Crippen LogP contribution in [-0.4, -0.2) is 24.2 Å². The van der Waals surface area contributed by atoms with Gasteiger partial charge in [0.15, 0.2) is 0 Å². The van der Waals surface area contributed by atoms with Crippen molar-refractivity contribution < 1.29 is 4.74 Å². The quantitative estimate of drug-likeness (QED) is 0.717. The highest BCUT2D eigenvalue weighted by molar-refractivity contribution is 5.76. The van der Waals surface area contributed by atoms with Gasteiger partial charge in [-0.15, -0.1) is 0 Å². The van der Waals surface area contributed by atoms with Gasteiger partial charge in [-0.2, -0.15) is 0 Å². The second-order valence-electron chi connectivity index (χ2n) is 6.79. The van der Waals surface area contributed by atoms with Gasteiger partial charge in [0.05, 0.1) is 17.9 Å². The van der Waals surface area contributed by atoms with E-state index >= 15 is 0 Å². The summed E-state index contributed by atoms with van der Waals surface area (Å²) in [6.07, 6.45) is 2.94. The maximum Gasteiger partial charge on any atom is 0.213 e. The smallest absolute Gasteiger partial charge is 0.213 e. The first-order valence-corrected chi connectivity index (χ1v) is 8.98. The lowest BCUT2D eigenvalue weighted by atomic mass is 10.0.